The summed E-state index contributed by atoms with van der Waals surface area (Å²) in [6, 6.07) is 11.1. The molecule has 2 atom stereocenters. The first-order chi connectivity index (χ1) is 8.75. The van der Waals surface area contributed by atoms with Crippen LogP contribution in [-0.2, 0) is 0 Å². The van der Waals surface area contributed by atoms with Crippen molar-refractivity contribution in [3.05, 3.63) is 35.9 Å². The Kier molecular flexibility index (Phi) is 3.40. The van der Waals surface area contributed by atoms with E-state index >= 15 is 0 Å². The third-order valence-electron chi connectivity index (χ3n) is 4.30. The third-order valence-corrected chi connectivity index (χ3v) is 4.30. The molecule has 0 radical (unpaired) electrons. The predicted molar refractivity (Wildman–Crippen MR) is 73.3 cm³/mol. The monoisotopic (exact) mass is 245 g/mol. The Labute approximate surface area is 110 Å². The predicted octanol–water partition coefficient (Wildman–Crippen LogP) is 2.98. The van der Waals surface area contributed by atoms with Gasteiger partial charge in [-0.15, -0.1) is 0 Å². The summed E-state index contributed by atoms with van der Waals surface area (Å²) in [5, 5.41) is 10.5. The molecule has 2 nitrogen and oxygen atoms in total. The Balaban J connectivity index is 1.68. The van der Waals surface area contributed by atoms with Crippen molar-refractivity contribution in [1.82, 2.24) is 4.90 Å². The minimum atomic E-state index is -0.356. The second-order valence-corrected chi connectivity index (χ2v) is 5.97. The number of aliphatic hydroxyl groups is 1. The second-order valence-electron chi connectivity index (χ2n) is 5.97. The minimum Gasteiger partial charge on any atom is -0.387 e. The fourth-order valence-electron chi connectivity index (χ4n) is 2.76. The van der Waals surface area contributed by atoms with Crippen molar-refractivity contribution >= 4 is 0 Å². The molecule has 1 aromatic carbocycles. The van der Waals surface area contributed by atoms with Gasteiger partial charge in [0.15, 0.2) is 0 Å². The quantitative estimate of drug-likeness (QED) is 0.833. The van der Waals surface area contributed by atoms with Gasteiger partial charge in [0.25, 0.3) is 0 Å². The molecule has 0 saturated heterocycles. The van der Waals surface area contributed by atoms with E-state index in [9.17, 15) is 5.11 Å². The van der Waals surface area contributed by atoms with Crippen molar-refractivity contribution in [3.8, 4) is 0 Å². The highest BCUT2D eigenvalue weighted by Crippen LogP contribution is 2.38. The van der Waals surface area contributed by atoms with Gasteiger partial charge in [0.2, 0.25) is 0 Å². The van der Waals surface area contributed by atoms with Crippen molar-refractivity contribution in [2.45, 2.75) is 50.8 Å². The number of rotatable bonds is 6. The number of hydrogen-bond acceptors (Lipinski definition) is 2. The Hall–Kier alpha value is -0.860. The summed E-state index contributed by atoms with van der Waals surface area (Å²) < 4.78 is 0. The van der Waals surface area contributed by atoms with Gasteiger partial charge in [-0.3, -0.25) is 4.90 Å². The molecule has 98 valence electrons. The average Bonchev–Trinajstić information content (AvgIpc) is 3.28. The maximum absolute atomic E-state index is 10.5. The van der Waals surface area contributed by atoms with Crippen molar-refractivity contribution < 1.29 is 5.11 Å². The van der Waals surface area contributed by atoms with Crippen molar-refractivity contribution in [1.29, 1.82) is 0 Å². The van der Waals surface area contributed by atoms with Crippen LogP contribution in [0, 0.1) is 5.92 Å². The zero-order valence-corrected chi connectivity index (χ0v) is 11.1. The lowest BCUT2D eigenvalue weighted by Gasteiger charge is -2.32. The van der Waals surface area contributed by atoms with Crippen molar-refractivity contribution in [2.24, 2.45) is 5.92 Å². The normalized spacial score (nSPS) is 23.1. The second kappa shape index (κ2) is 5.02. The summed E-state index contributed by atoms with van der Waals surface area (Å²) >= 11 is 0. The highest BCUT2D eigenvalue weighted by molar-refractivity contribution is 5.19. The lowest BCUT2D eigenvalue weighted by molar-refractivity contribution is 0.0500. The topological polar surface area (TPSA) is 23.5 Å². The maximum Gasteiger partial charge on any atom is 0.0942 e. The number of hydrogen-bond donors (Lipinski definition) is 1. The summed E-state index contributed by atoms with van der Waals surface area (Å²) in [5.41, 5.74) is 1.05. The lowest BCUT2D eigenvalue weighted by Crippen LogP contribution is -2.40. The summed E-state index contributed by atoms with van der Waals surface area (Å²) in [4.78, 5) is 2.55. The SMILES string of the molecule is CC(C(O)c1ccccc1)N(CC1CC1)C1CC1. The van der Waals surface area contributed by atoms with E-state index in [4.69, 9.17) is 0 Å². The molecule has 0 aromatic heterocycles. The van der Waals surface area contributed by atoms with E-state index < -0.39 is 0 Å². The Morgan fingerprint density at radius 2 is 1.83 bits per heavy atom. The van der Waals surface area contributed by atoms with Crippen molar-refractivity contribution in [2.75, 3.05) is 6.54 Å². The molecule has 2 unspecified atom stereocenters. The first-order valence-corrected chi connectivity index (χ1v) is 7.24. The molecule has 3 rings (SSSR count). The van der Waals surface area contributed by atoms with E-state index in [-0.39, 0.29) is 12.1 Å². The van der Waals surface area contributed by atoms with Crippen LogP contribution < -0.4 is 0 Å². The molecule has 2 fully saturated rings. The maximum atomic E-state index is 10.5. The number of aliphatic hydroxyl groups excluding tert-OH is 1. The molecular formula is C16H23NO. The largest absolute Gasteiger partial charge is 0.387 e. The highest BCUT2D eigenvalue weighted by atomic mass is 16.3. The average molecular weight is 245 g/mol. The molecular weight excluding hydrogens is 222 g/mol. The minimum absolute atomic E-state index is 0.237. The van der Waals surface area contributed by atoms with E-state index in [2.05, 4.69) is 11.8 Å². The highest BCUT2D eigenvalue weighted by Gasteiger charge is 2.38. The molecule has 18 heavy (non-hydrogen) atoms. The molecule has 0 heterocycles. The zero-order chi connectivity index (χ0) is 12.5. The van der Waals surface area contributed by atoms with Crippen LogP contribution in [-0.4, -0.2) is 28.6 Å². The summed E-state index contributed by atoms with van der Waals surface area (Å²) in [5.74, 6) is 0.899. The Morgan fingerprint density at radius 1 is 1.17 bits per heavy atom. The fraction of sp³-hybridized carbons (Fsp3) is 0.625. The molecule has 0 spiro atoms. The molecule has 0 amide bonds. The molecule has 2 aliphatic carbocycles. The van der Waals surface area contributed by atoms with Gasteiger partial charge in [0, 0.05) is 18.6 Å². The van der Waals surface area contributed by atoms with Gasteiger partial charge in [0.05, 0.1) is 6.10 Å². The van der Waals surface area contributed by atoms with E-state index in [1.54, 1.807) is 0 Å². The summed E-state index contributed by atoms with van der Waals surface area (Å²) in [7, 11) is 0. The van der Waals surface area contributed by atoms with Gasteiger partial charge in [0.1, 0.15) is 0 Å². The molecule has 2 heteroatoms. The van der Waals surface area contributed by atoms with E-state index in [1.165, 1.54) is 32.2 Å². The molecule has 0 bridgehead atoms. The van der Waals surface area contributed by atoms with Crippen LogP contribution in [0.5, 0.6) is 0 Å². The van der Waals surface area contributed by atoms with Gasteiger partial charge in [-0.2, -0.15) is 0 Å². The van der Waals surface area contributed by atoms with Crippen LogP contribution in [0.2, 0.25) is 0 Å². The Bertz CT molecular complexity index is 383. The van der Waals surface area contributed by atoms with Crippen LogP contribution in [0.1, 0.15) is 44.3 Å². The first-order valence-electron chi connectivity index (χ1n) is 7.24. The van der Waals surface area contributed by atoms with E-state index in [1.807, 2.05) is 30.3 Å². The van der Waals surface area contributed by atoms with Crippen LogP contribution >= 0.6 is 0 Å². The van der Waals surface area contributed by atoms with Gasteiger partial charge in [-0.25, -0.2) is 0 Å². The number of nitrogens with zero attached hydrogens (tertiary/aromatic N) is 1. The molecule has 2 aliphatic rings. The standard InChI is InChI=1S/C16H23NO/c1-12(16(18)14-5-3-2-4-6-14)17(15-9-10-15)11-13-7-8-13/h2-6,12-13,15-16,18H,7-11H2,1H3. The lowest BCUT2D eigenvalue weighted by atomic mass is 10.0. The summed E-state index contributed by atoms with van der Waals surface area (Å²) in [6.45, 7) is 3.37. The van der Waals surface area contributed by atoms with Crippen molar-refractivity contribution in [3.63, 3.8) is 0 Å². The van der Waals surface area contributed by atoms with E-state index in [0.29, 0.717) is 0 Å². The van der Waals surface area contributed by atoms with Gasteiger partial charge < -0.3 is 5.11 Å². The van der Waals surface area contributed by atoms with Gasteiger partial charge in [-0.05, 0) is 44.1 Å². The third kappa shape index (κ3) is 2.76. The molecule has 0 aliphatic heterocycles. The smallest absolute Gasteiger partial charge is 0.0942 e. The first kappa shape index (κ1) is 12.2. The Morgan fingerprint density at radius 3 is 2.39 bits per heavy atom. The zero-order valence-electron chi connectivity index (χ0n) is 11.1. The van der Waals surface area contributed by atoms with Gasteiger partial charge >= 0.3 is 0 Å². The molecule has 1 aromatic rings. The van der Waals surface area contributed by atoms with Gasteiger partial charge in [-0.1, -0.05) is 30.3 Å². The fourth-order valence-corrected chi connectivity index (χ4v) is 2.76. The van der Waals surface area contributed by atoms with Crippen LogP contribution in [0.25, 0.3) is 0 Å². The van der Waals surface area contributed by atoms with Crippen LogP contribution in [0.15, 0.2) is 30.3 Å². The van der Waals surface area contributed by atoms with Crippen LogP contribution in [0.4, 0.5) is 0 Å². The molecule has 2 saturated carbocycles. The number of benzene rings is 1. The summed E-state index contributed by atoms with van der Waals surface area (Å²) in [6.07, 6.45) is 5.05. The van der Waals surface area contributed by atoms with E-state index in [0.717, 1.165) is 17.5 Å². The molecule has 1 N–H and O–H groups in total. The van der Waals surface area contributed by atoms with Crippen LogP contribution in [0.3, 0.4) is 0 Å².